The van der Waals surface area contributed by atoms with E-state index in [0.717, 1.165) is 13.1 Å². The van der Waals surface area contributed by atoms with Crippen molar-refractivity contribution in [1.29, 1.82) is 0 Å². The van der Waals surface area contributed by atoms with Crippen LogP contribution < -0.4 is 0 Å². The number of aliphatic hydroxyl groups is 1. The summed E-state index contributed by atoms with van der Waals surface area (Å²) in [6.45, 7) is 3.48. The van der Waals surface area contributed by atoms with E-state index < -0.39 is 17.5 Å². The van der Waals surface area contributed by atoms with Gasteiger partial charge >= 0.3 is 5.97 Å². The average Bonchev–Trinajstić information content (AvgIpc) is 2.32. The highest BCUT2D eigenvalue weighted by atomic mass is 16.4. The molecule has 18 heavy (non-hydrogen) atoms. The fraction of sp³-hybridized carbons (Fsp3) is 0.500. The Morgan fingerprint density at radius 3 is 2.72 bits per heavy atom. The molecule has 0 bridgehead atoms. The van der Waals surface area contributed by atoms with Crippen molar-refractivity contribution in [2.45, 2.75) is 25.5 Å². The van der Waals surface area contributed by atoms with Crippen LogP contribution in [-0.4, -0.2) is 39.8 Å². The van der Waals surface area contributed by atoms with Crippen molar-refractivity contribution in [3.05, 3.63) is 35.9 Å². The second kappa shape index (κ2) is 5.08. The van der Waals surface area contributed by atoms with Gasteiger partial charge in [0.05, 0.1) is 11.5 Å². The van der Waals surface area contributed by atoms with Gasteiger partial charge in [-0.1, -0.05) is 30.3 Å². The van der Waals surface area contributed by atoms with Crippen molar-refractivity contribution in [2.24, 2.45) is 5.92 Å². The van der Waals surface area contributed by atoms with Gasteiger partial charge in [-0.25, -0.2) is 0 Å². The molecule has 0 aliphatic carbocycles. The number of carboxylic acid groups (broad SMARTS) is 1. The number of benzene rings is 1. The Kier molecular flexibility index (Phi) is 3.68. The summed E-state index contributed by atoms with van der Waals surface area (Å²) < 4.78 is 0. The van der Waals surface area contributed by atoms with Crippen molar-refractivity contribution in [2.75, 3.05) is 13.1 Å². The molecule has 98 valence electrons. The molecule has 2 N–H and O–H groups in total. The second-order valence-corrected chi connectivity index (χ2v) is 5.22. The van der Waals surface area contributed by atoms with Gasteiger partial charge in [-0.05, 0) is 18.9 Å². The SMILES string of the molecule is C[C@@]1(O)CCN(Cc2ccccc2)C[C@@H]1C(=O)O. The second-order valence-electron chi connectivity index (χ2n) is 5.22. The molecule has 1 aromatic rings. The first-order valence-corrected chi connectivity index (χ1v) is 6.20. The molecule has 1 aromatic carbocycles. The smallest absolute Gasteiger partial charge is 0.310 e. The maximum Gasteiger partial charge on any atom is 0.310 e. The van der Waals surface area contributed by atoms with Gasteiger partial charge in [0.2, 0.25) is 0 Å². The summed E-state index contributed by atoms with van der Waals surface area (Å²) >= 11 is 0. The van der Waals surface area contributed by atoms with Gasteiger partial charge < -0.3 is 10.2 Å². The Hall–Kier alpha value is -1.39. The van der Waals surface area contributed by atoms with E-state index in [1.54, 1.807) is 6.92 Å². The number of hydrogen-bond acceptors (Lipinski definition) is 3. The van der Waals surface area contributed by atoms with Crippen LogP contribution >= 0.6 is 0 Å². The van der Waals surface area contributed by atoms with Crippen LogP contribution in [0.5, 0.6) is 0 Å². The molecule has 1 heterocycles. The molecule has 2 atom stereocenters. The number of aliphatic carboxylic acids is 1. The topological polar surface area (TPSA) is 60.8 Å². The van der Waals surface area contributed by atoms with E-state index in [0.29, 0.717) is 13.0 Å². The highest BCUT2D eigenvalue weighted by Gasteiger charge is 2.42. The molecule has 1 aliphatic rings. The number of carbonyl (C=O) groups is 1. The molecule has 0 radical (unpaired) electrons. The Balaban J connectivity index is 2.03. The Morgan fingerprint density at radius 2 is 2.11 bits per heavy atom. The first-order valence-electron chi connectivity index (χ1n) is 6.20. The van der Waals surface area contributed by atoms with Crippen LogP contribution in [-0.2, 0) is 11.3 Å². The molecule has 4 nitrogen and oxygen atoms in total. The monoisotopic (exact) mass is 249 g/mol. The highest BCUT2D eigenvalue weighted by Crippen LogP contribution is 2.28. The van der Waals surface area contributed by atoms with Crippen LogP contribution in [0.15, 0.2) is 30.3 Å². The number of rotatable bonds is 3. The number of likely N-dealkylation sites (tertiary alicyclic amines) is 1. The molecule has 1 saturated heterocycles. The van der Waals surface area contributed by atoms with Crippen LogP contribution in [0.25, 0.3) is 0 Å². The van der Waals surface area contributed by atoms with Crippen LogP contribution in [0.4, 0.5) is 0 Å². The van der Waals surface area contributed by atoms with E-state index in [4.69, 9.17) is 0 Å². The van der Waals surface area contributed by atoms with Gasteiger partial charge in [0.25, 0.3) is 0 Å². The zero-order chi connectivity index (χ0) is 13.2. The van der Waals surface area contributed by atoms with Crippen molar-refractivity contribution in [1.82, 2.24) is 4.90 Å². The number of piperidine rings is 1. The summed E-state index contributed by atoms with van der Waals surface area (Å²) in [4.78, 5) is 13.3. The molecule has 2 rings (SSSR count). The van der Waals surface area contributed by atoms with Crippen molar-refractivity contribution in [3.8, 4) is 0 Å². The third-order valence-electron chi connectivity index (χ3n) is 3.67. The van der Waals surface area contributed by atoms with Gasteiger partial charge in [-0.3, -0.25) is 9.69 Å². The normalized spacial score (nSPS) is 29.1. The Bertz CT molecular complexity index is 416. The molecule has 4 heteroatoms. The highest BCUT2D eigenvalue weighted by molar-refractivity contribution is 5.72. The van der Waals surface area contributed by atoms with Crippen LogP contribution in [0, 0.1) is 5.92 Å². The summed E-state index contributed by atoms with van der Waals surface area (Å²) in [5, 5.41) is 19.3. The predicted molar refractivity (Wildman–Crippen MR) is 68.1 cm³/mol. The lowest BCUT2D eigenvalue weighted by atomic mass is 9.82. The maximum absolute atomic E-state index is 11.2. The third-order valence-corrected chi connectivity index (χ3v) is 3.67. The van der Waals surface area contributed by atoms with E-state index in [9.17, 15) is 15.0 Å². The van der Waals surface area contributed by atoms with E-state index in [1.165, 1.54) is 5.56 Å². The van der Waals surface area contributed by atoms with Crippen molar-refractivity contribution >= 4 is 5.97 Å². The van der Waals surface area contributed by atoms with Gasteiger partial charge in [-0.15, -0.1) is 0 Å². The molecule has 0 spiro atoms. The fourth-order valence-corrected chi connectivity index (χ4v) is 2.43. The Labute approximate surface area is 107 Å². The van der Waals surface area contributed by atoms with E-state index in [2.05, 4.69) is 4.90 Å². The van der Waals surface area contributed by atoms with Crippen molar-refractivity contribution in [3.63, 3.8) is 0 Å². The first kappa shape index (κ1) is 13.1. The maximum atomic E-state index is 11.2. The molecule has 0 unspecified atom stereocenters. The van der Waals surface area contributed by atoms with Gasteiger partial charge in [0, 0.05) is 19.6 Å². The zero-order valence-corrected chi connectivity index (χ0v) is 10.5. The van der Waals surface area contributed by atoms with Crippen molar-refractivity contribution < 1.29 is 15.0 Å². The molecule has 1 aliphatic heterocycles. The minimum absolute atomic E-state index is 0.400. The molecule has 1 fully saturated rings. The lowest BCUT2D eigenvalue weighted by molar-refractivity contribution is -0.157. The lowest BCUT2D eigenvalue weighted by Crippen LogP contribution is -2.52. The summed E-state index contributed by atoms with van der Waals surface area (Å²) in [7, 11) is 0. The minimum Gasteiger partial charge on any atom is -0.481 e. The molecular weight excluding hydrogens is 230 g/mol. The number of hydrogen-bond donors (Lipinski definition) is 2. The van der Waals surface area contributed by atoms with Crippen LogP contribution in [0.1, 0.15) is 18.9 Å². The molecular formula is C14H19NO3. The fourth-order valence-electron chi connectivity index (χ4n) is 2.43. The third kappa shape index (κ3) is 2.89. The summed E-state index contributed by atoms with van der Waals surface area (Å²) in [6.07, 6.45) is 0.497. The molecule has 0 aromatic heterocycles. The van der Waals surface area contributed by atoms with E-state index in [1.807, 2.05) is 30.3 Å². The zero-order valence-electron chi connectivity index (χ0n) is 10.5. The van der Waals surface area contributed by atoms with Crippen LogP contribution in [0.3, 0.4) is 0 Å². The minimum atomic E-state index is -1.10. The van der Waals surface area contributed by atoms with Gasteiger partial charge in [0.15, 0.2) is 0 Å². The lowest BCUT2D eigenvalue weighted by Gasteiger charge is -2.40. The number of nitrogens with zero attached hydrogens (tertiary/aromatic N) is 1. The average molecular weight is 249 g/mol. The molecule has 0 saturated carbocycles. The van der Waals surface area contributed by atoms with Crippen LogP contribution in [0.2, 0.25) is 0 Å². The molecule has 0 amide bonds. The Morgan fingerprint density at radius 1 is 1.44 bits per heavy atom. The van der Waals surface area contributed by atoms with E-state index in [-0.39, 0.29) is 0 Å². The van der Waals surface area contributed by atoms with Gasteiger partial charge in [-0.2, -0.15) is 0 Å². The summed E-state index contributed by atoms with van der Waals surface area (Å²) in [6, 6.07) is 9.98. The number of carboxylic acids is 1. The van der Waals surface area contributed by atoms with Gasteiger partial charge in [0.1, 0.15) is 0 Å². The first-order chi connectivity index (χ1) is 8.49. The summed E-state index contributed by atoms with van der Waals surface area (Å²) in [5.41, 5.74) is 0.0714. The van der Waals surface area contributed by atoms with E-state index >= 15 is 0 Å². The largest absolute Gasteiger partial charge is 0.481 e. The predicted octanol–water partition coefficient (Wildman–Crippen LogP) is 1.34. The standard InChI is InChI=1S/C14H19NO3/c1-14(18)7-8-15(10-12(14)13(16)17)9-11-5-3-2-4-6-11/h2-6,12,18H,7-10H2,1H3,(H,16,17)/t12-,14-/m1/s1. The quantitative estimate of drug-likeness (QED) is 0.848. The summed E-state index contributed by atoms with van der Waals surface area (Å²) in [5.74, 6) is -1.63.